The van der Waals surface area contributed by atoms with Gasteiger partial charge in [-0.1, -0.05) is 227 Å². The van der Waals surface area contributed by atoms with E-state index < -0.39 is 16.6 Å². The molecule has 1 aromatic rings. The van der Waals surface area contributed by atoms with Gasteiger partial charge in [0.25, 0.3) is 0 Å². The Balaban J connectivity index is -0.0000000664. The van der Waals surface area contributed by atoms with Crippen LogP contribution in [0.25, 0.3) is 5.57 Å². The van der Waals surface area contributed by atoms with Crippen molar-refractivity contribution < 1.29 is 62.6 Å². The highest BCUT2D eigenvalue weighted by Crippen LogP contribution is 2.36. The fourth-order valence-corrected chi connectivity index (χ4v) is 13.7. The van der Waals surface area contributed by atoms with E-state index in [0.29, 0.717) is 29.9 Å². The lowest BCUT2D eigenvalue weighted by atomic mass is 9.79. The number of unbranched alkanes of at least 4 members (excludes halogenated alkanes) is 1. The SMILES string of the molecule is C.C.C.C.C.C.C.C.C.C.C.C.CCCC[C@H](NC)C(C)=O.CC[C@H](NC)C(C)=O.CNC(C)(C)C(C)=O.CNC1(C(C)=O)CC1.CNC1(C(C)=O)CCCC1.CNC1(C(C)=O)CCCCC1.CN[C@@H](CCC(C)C)C(C)=O.CN[C@@](C)(CC(C)C)C(C)=O.CN[C@@](C)(CC1=CCc2ccccc21)C(C)=O.CN[C@@](C)(CCCN=C(N)N)C(C)=O.CN[C@@](C)(CO)C(C)=O.CN[C@H](C(C)=O)C(C)(C)C. The molecule has 4 aliphatic carbocycles. The van der Waals surface area contributed by atoms with E-state index in [4.69, 9.17) is 16.6 Å². The van der Waals surface area contributed by atoms with Crippen molar-refractivity contribution >= 4 is 80.9 Å². The highest BCUT2D eigenvalue weighted by Gasteiger charge is 2.45. The van der Waals surface area contributed by atoms with E-state index in [1.54, 1.807) is 111 Å². The first-order valence-electron chi connectivity index (χ1n) is 46.3. The van der Waals surface area contributed by atoms with Gasteiger partial charge in [0, 0.05) is 6.54 Å². The summed E-state index contributed by atoms with van der Waals surface area (Å²) in [5.41, 5.74) is 11.6. The van der Waals surface area contributed by atoms with E-state index >= 15 is 0 Å². The number of aliphatic imine (C=N–C) groups is 1. The van der Waals surface area contributed by atoms with Gasteiger partial charge in [-0.3, -0.25) is 62.5 Å². The van der Waals surface area contributed by atoms with E-state index in [1.807, 2.05) is 97.9 Å². The van der Waals surface area contributed by atoms with Crippen molar-refractivity contribution in [2.75, 3.05) is 97.7 Å². The summed E-state index contributed by atoms with van der Waals surface area (Å²) in [6.07, 6.45) is 24.9. The number of nitrogens with one attached hydrogen (secondary N) is 12. The average molecular weight is 1990 g/mol. The summed E-state index contributed by atoms with van der Waals surface area (Å²) in [5, 5.41) is 44.7. The number of hydrogen-bond donors (Lipinski definition) is 15. The number of guanidine groups is 1. The third-order valence-electron chi connectivity index (χ3n) is 25.3. The van der Waals surface area contributed by atoms with Gasteiger partial charge in [0.1, 0.15) is 63.6 Å². The zero-order valence-corrected chi connectivity index (χ0v) is 87.8. The average Bonchev–Trinajstić information content (AvgIpc) is 1.56. The molecule has 28 heteroatoms. The minimum absolute atomic E-state index is 0. The number of likely N-dealkylation sites (N-methyl/N-ethyl adjacent to an activating group) is 12. The Bertz CT molecular complexity index is 3370. The summed E-state index contributed by atoms with van der Waals surface area (Å²) >= 11 is 0. The molecule has 0 radical (unpaired) electrons. The number of ketones is 12. The summed E-state index contributed by atoms with van der Waals surface area (Å²) < 4.78 is 0. The molecule has 5 rings (SSSR count). The van der Waals surface area contributed by atoms with Crippen LogP contribution in [-0.2, 0) is 64.0 Å². The molecule has 28 nitrogen and oxygen atoms in total. The predicted molar refractivity (Wildman–Crippen MR) is 612 cm³/mol. The van der Waals surface area contributed by atoms with Crippen LogP contribution in [0.3, 0.4) is 0 Å². The topological polar surface area (TPSA) is 434 Å². The molecule has 17 N–H and O–H groups in total. The van der Waals surface area contributed by atoms with Crippen LogP contribution < -0.4 is 75.3 Å². The third-order valence-corrected chi connectivity index (χ3v) is 25.3. The van der Waals surface area contributed by atoms with E-state index in [2.05, 4.69) is 155 Å². The Labute approximate surface area is 861 Å². The quantitative estimate of drug-likeness (QED) is 0.0165. The van der Waals surface area contributed by atoms with E-state index in [0.717, 1.165) is 109 Å². The van der Waals surface area contributed by atoms with Crippen molar-refractivity contribution in [1.29, 1.82) is 0 Å². The molecule has 0 heterocycles. The van der Waals surface area contributed by atoms with Crippen LogP contribution in [0.2, 0.25) is 0 Å². The third kappa shape index (κ3) is 75.2. The molecule has 838 valence electrons. The molecule has 0 spiro atoms. The minimum Gasteiger partial charge on any atom is -0.394 e. The molecule has 3 saturated carbocycles. The second-order valence-electron chi connectivity index (χ2n) is 37.4. The molecular formula is C111H241N15O13. The van der Waals surface area contributed by atoms with Crippen molar-refractivity contribution in [3.05, 3.63) is 41.5 Å². The highest BCUT2D eigenvalue weighted by atomic mass is 16.3. The van der Waals surface area contributed by atoms with E-state index in [-0.39, 0.29) is 217 Å². The molecule has 0 amide bonds. The molecule has 8 atom stereocenters. The standard InChI is InChI=1S/C15H19NO.C9H20N4O.C9H17NO.2C9H19NO.C8H15NO.2C8H17NO.C6H13NO2.C6H11NO.2C6H13NO.12CH4/c1-11(17)15(2,16-3)10-13-9-8-12-6-4-5-7-14(12)13;1-7(14)9(2,12-3)5-4-6-13-8(10)11;1-8(11)9(10-2)6-4-3-5-7-9;1-7(2)6-9(4,10-5)8(3)11;1-7(2)5-6-9(10-4)8(3)11;1-7(10)8(9-2)5-3-4-6-8;1-6(10)7(9-5)8(2,3)4;1-4-5-6-8(9-3)7(2)10;1-5(9)6(2,4-8)7-3;1-5(8)6(7-2)3-4-6;1-5(8)6(2,3)7-4;1-4-6(7-3)5(2)8;;;;;;;;;;;;/h4-7,9,16H,8,10H2,1-3H3;12H,4-6H2,1-3H3,(H4,10,11,13);10H,3-7H2,1-2H3;7,10H,6H2,1-5H3;7,9-10H,5-6H2,1-4H3;9H,3-6H2,1-2H3;7,9H,1-5H3;8-9H,4-6H2,1-3H3;7-8H,4H2,1-3H3;7H,3-4H2,1-2H3;7H,1-4H3;6-7H,4H2,1-3H3;12*1H4/t15-;9-;;2*9-;;7-;8-;6-;;;6-;;;;;;;;;;;;/m00.00.100..0............/s1. The molecule has 0 aliphatic heterocycles. The number of allylic oxidation sites excluding steroid dienone is 1. The van der Waals surface area contributed by atoms with Gasteiger partial charge in [-0.15, -0.1) is 0 Å². The van der Waals surface area contributed by atoms with Gasteiger partial charge in [-0.25, -0.2) is 0 Å². The van der Waals surface area contributed by atoms with Gasteiger partial charge in [0.05, 0.1) is 75.1 Å². The number of aliphatic hydroxyl groups is 1. The summed E-state index contributed by atoms with van der Waals surface area (Å²) in [4.78, 5) is 136. The Hall–Kier alpha value is -6.25. The Morgan fingerprint density at radius 2 is 0.748 bits per heavy atom. The predicted octanol–water partition coefficient (Wildman–Crippen LogP) is 19.2. The number of benzene rings is 1. The lowest BCUT2D eigenvalue weighted by Gasteiger charge is -2.34. The number of fused-ring (bicyclic) bond motifs is 1. The number of carbonyl (C=O) groups is 12. The zero-order chi connectivity index (χ0) is 101. The molecule has 0 unspecified atom stereocenters. The molecule has 0 bridgehead atoms. The molecule has 0 saturated heterocycles. The summed E-state index contributed by atoms with van der Waals surface area (Å²) in [5.74, 6) is 3.78. The van der Waals surface area contributed by atoms with Crippen LogP contribution in [0, 0.1) is 17.3 Å². The number of aliphatic hydroxyl groups excluding tert-OH is 1. The van der Waals surface area contributed by atoms with Crippen LogP contribution >= 0.6 is 0 Å². The number of hydrogen-bond acceptors (Lipinski definition) is 26. The Kier molecular flexibility index (Phi) is 119. The maximum Gasteiger partial charge on any atom is 0.185 e. The molecule has 1 aromatic carbocycles. The van der Waals surface area contributed by atoms with E-state index in [1.165, 1.54) is 55.7 Å². The van der Waals surface area contributed by atoms with Gasteiger partial charge in [-0.2, -0.15) is 0 Å². The first-order valence-corrected chi connectivity index (χ1v) is 46.3. The zero-order valence-electron chi connectivity index (χ0n) is 87.8. The lowest BCUT2D eigenvalue weighted by molar-refractivity contribution is -0.125. The van der Waals surface area contributed by atoms with Gasteiger partial charge in [0.15, 0.2) is 11.7 Å². The molecular weight excluding hydrogens is 1750 g/mol. The van der Waals surface area contributed by atoms with Crippen molar-refractivity contribution in [3.63, 3.8) is 0 Å². The number of nitrogens with zero attached hydrogens (tertiary/aromatic N) is 1. The Morgan fingerprint density at radius 3 is 0.942 bits per heavy atom. The van der Waals surface area contributed by atoms with Gasteiger partial charge < -0.3 is 80.4 Å². The number of nitrogens with two attached hydrogens (primary N) is 2. The fourth-order valence-electron chi connectivity index (χ4n) is 13.7. The van der Waals surface area contributed by atoms with Gasteiger partial charge in [0.2, 0.25) is 0 Å². The minimum atomic E-state index is -0.750. The van der Waals surface area contributed by atoms with Crippen LogP contribution in [0.4, 0.5) is 0 Å². The van der Waals surface area contributed by atoms with Crippen LogP contribution in [-0.4, -0.2) is 247 Å². The summed E-state index contributed by atoms with van der Waals surface area (Å²) in [6, 6.07) is 8.62. The first kappa shape index (κ1) is 178. The number of carbonyl (C=O) groups excluding carboxylic acids is 12. The normalized spacial score (nSPS) is 15.3. The van der Waals surface area contributed by atoms with Crippen molar-refractivity contribution in [1.82, 2.24) is 63.8 Å². The largest absolute Gasteiger partial charge is 0.394 e. The monoisotopic (exact) mass is 1990 g/mol. The summed E-state index contributed by atoms with van der Waals surface area (Å²) in [7, 11) is 21.8. The van der Waals surface area contributed by atoms with Gasteiger partial charge >= 0.3 is 0 Å². The first-order chi connectivity index (χ1) is 58.5. The maximum absolute atomic E-state index is 11.7. The second-order valence-corrected chi connectivity index (χ2v) is 37.4. The summed E-state index contributed by atoms with van der Waals surface area (Å²) in [6.45, 7) is 49.9. The molecule has 3 fully saturated rings. The molecule has 4 aliphatic rings. The van der Waals surface area contributed by atoms with E-state index in [9.17, 15) is 57.5 Å². The smallest absolute Gasteiger partial charge is 0.185 e. The molecule has 139 heavy (non-hydrogen) atoms. The molecule has 0 aromatic heterocycles. The fraction of sp³-hybridized carbons (Fsp3) is 0.811. The highest BCUT2D eigenvalue weighted by molar-refractivity contribution is 5.91. The second kappa shape index (κ2) is 92.8. The number of Topliss-reactive ketones (excluding diaryl/α,β-unsaturated/α-hetero) is 12. The van der Waals surface area contributed by atoms with Crippen molar-refractivity contribution in [2.24, 2.45) is 33.7 Å². The van der Waals surface area contributed by atoms with Crippen LogP contribution in [0.5, 0.6) is 0 Å². The Morgan fingerprint density at radius 1 is 0.403 bits per heavy atom. The van der Waals surface area contributed by atoms with Crippen molar-refractivity contribution in [2.45, 2.75) is 486 Å². The van der Waals surface area contributed by atoms with Crippen LogP contribution in [0.15, 0.2) is 35.3 Å². The maximum atomic E-state index is 11.7. The van der Waals surface area contributed by atoms with Crippen LogP contribution in [0.1, 0.15) is 422 Å². The lowest BCUT2D eigenvalue weighted by Crippen LogP contribution is -2.50. The van der Waals surface area contributed by atoms with Gasteiger partial charge in [-0.05, 0) is 339 Å². The number of rotatable bonds is 40. The van der Waals surface area contributed by atoms with Crippen molar-refractivity contribution in [3.8, 4) is 0 Å².